The number of hydrogen-bond donors (Lipinski definition) is 5. The number of alkyl halides is 3. The van der Waals surface area contributed by atoms with Crippen LogP contribution < -0.4 is 14.9 Å². The molecule has 0 aromatic heterocycles. The minimum Gasteiger partial charge on any atom is -0.388 e. The van der Waals surface area contributed by atoms with E-state index in [-0.39, 0.29) is 43.4 Å². The number of aliphatic hydroxyl groups is 1. The van der Waals surface area contributed by atoms with Crippen molar-refractivity contribution in [2.24, 2.45) is 5.92 Å². The lowest BCUT2D eigenvalue weighted by Gasteiger charge is -2.36. The number of sulfone groups is 1. The predicted octanol–water partition coefficient (Wildman–Crippen LogP) is 8.76. The lowest BCUT2D eigenvalue weighted by atomic mass is 9.84. The second-order valence-corrected chi connectivity index (χ2v) is 22.3. The highest BCUT2D eigenvalue weighted by molar-refractivity contribution is 7.99. The third-order valence-electron chi connectivity index (χ3n) is 11.5. The second-order valence-electron chi connectivity index (χ2n) is 16.0. The first-order valence-corrected chi connectivity index (χ1v) is 27.3. The maximum atomic E-state index is 14.2. The molecule has 14 nitrogen and oxygen atoms in total. The lowest BCUT2D eigenvalue weighted by Crippen LogP contribution is -2.36. The molecule has 5 aromatic carbocycles. The molecular formula is C46H51ClF3N4O10PS3. The van der Waals surface area contributed by atoms with Crippen molar-refractivity contribution in [3.63, 3.8) is 0 Å². The summed E-state index contributed by atoms with van der Waals surface area (Å²) < 4.78 is 114. The lowest BCUT2D eigenvalue weighted by molar-refractivity contribution is -0.0436. The van der Waals surface area contributed by atoms with Gasteiger partial charge in [0, 0.05) is 59.1 Å². The molecule has 0 aliphatic carbocycles. The van der Waals surface area contributed by atoms with Crippen molar-refractivity contribution in [3.8, 4) is 11.1 Å². The smallest absolute Gasteiger partial charge is 0.388 e. The molecule has 1 fully saturated rings. The van der Waals surface area contributed by atoms with Crippen LogP contribution in [0.2, 0.25) is 5.02 Å². The highest BCUT2D eigenvalue weighted by Gasteiger charge is 2.48. The summed E-state index contributed by atoms with van der Waals surface area (Å²) in [5.74, 6) is -0.936. The van der Waals surface area contributed by atoms with Gasteiger partial charge in [0.25, 0.3) is 25.8 Å². The summed E-state index contributed by atoms with van der Waals surface area (Å²) in [5, 5.41) is 15.0. The standard InChI is InChI=1S/C46H51ClF3N4O10PS3/c1-2-53(28-29-64-65(57,58)59)25-24-36(31-66-38-8-4-3-5-9-38)51-42-21-20-39(30-43(42)67(60,61)46(48,49)50)68(62,63)52-45(56)34-14-18-37(19-15-34)54-26-22-33(23-27-54)44(55)41-11-7-6-10-40(41)32-12-16-35(47)17-13-32/h3-21,30,33,36,44,51,55H,2,22-29,31H2,1H3,(H,52,56)(H2,57,58,59)/t36-,44+/m1/s1. The van der Waals surface area contributed by atoms with Gasteiger partial charge < -0.3 is 30.0 Å². The zero-order chi connectivity index (χ0) is 49.3. The van der Waals surface area contributed by atoms with Gasteiger partial charge in [-0.1, -0.05) is 73.1 Å². The Hall–Kier alpha value is -4.47. The van der Waals surface area contributed by atoms with Crippen LogP contribution in [0.3, 0.4) is 0 Å². The average molecular weight is 1040 g/mol. The molecule has 22 heteroatoms. The number of carbonyl (C=O) groups excluding carboxylic acids is 1. The fraction of sp³-hybridized carbons (Fsp3) is 0.326. The molecule has 0 radical (unpaired) electrons. The van der Waals surface area contributed by atoms with Gasteiger partial charge in [-0.05, 0) is 115 Å². The van der Waals surface area contributed by atoms with E-state index in [1.54, 1.807) is 54.3 Å². The number of anilines is 2. The number of aliphatic hydroxyl groups excluding tert-OH is 1. The summed E-state index contributed by atoms with van der Waals surface area (Å²) >= 11 is 7.42. The number of sulfonamides is 1. The monoisotopic (exact) mass is 1040 g/mol. The topological polar surface area (TPSA) is 203 Å². The summed E-state index contributed by atoms with van der Waals surface area (Å²) in [6.07, 6.45) is 0.784. The van der Waals surface area contributed by atoms with E-state index in [9.17, 15) is 44.5 Å². The Labute approximate surface area is 403 Å². The number of piperidine rings is 1. The number of halogens is 4. The first kappa shape index (κ1) is 52.9. The Bertz CT molecular complexity index is 2770. The number of hydrogen-bond acceptors (Lipinski definition) is 12. The summed E-state index contributed by atoms with van der Waals surface area (Å²) in [7, 11) is -15.8. The van der Waals surface area contributed by atoms with Crippen LogP contribution >= 0.6 is 31.2 Å². The number of nitrogens with one attached hydrogen (secondary N) is 2. The molecule has 6 rings (SSSR count). The van der Waals surface area contributed by atoms with Crippen molar-refractivity contribution in [2.75, 3.05) is 55.3 Å². The van der Waals surface area contributed by atoms with E-state index in [1.807, 2.05) is 53.3 Å². The number of amides is 1. The molecule has 1 amide bonds. The van der Waals surface area contributed by atoms with Crippen LogP contribution in [0.15, 0.2) is 136 Å². The molecule has 1 heterocycles. The molecule has 68 heavy (non-hydrogen) atoms. The van der Waals surface area contributed by atoms with Crippen LogP contribution in [0, 0.1) is 5.92 Å². The Balaban J connectivity index is 1.14. The molecular weight excluding hydrogens is 988 g/mol. The van der Waals surface area contributed by atoms with Crippen molar-refractivity contribution >= 4 is 68.3 Å². The summed E-state index contributed by atoms with van der Waals surface area (Å²) in [4.78, 5) is 33.8. The molecule has 0 spiro atoms. The van der Waals surface area contributed by atoms with E-state index in [2.05, 4.69) is 14.7 Å². The first-order chi connectivity index (χ1) is 32.1. The molecule has 0 saturated carbocycles. The minimum absolute atomic E-state index is 0.0409. The molecule has 2 atom stereocenters. The van der Waals surface area contributed by atoms with Crippen LogP contribution in [0.25, 0.3) is 11.1 Å². The Morgan fingerprint density at radius 2 is 1.56 bits per heavy atom. The zero-order valence-electron chi connectivity index (χ0n) is 36.6. The summed E-state index contributed by atoms with van der Waals surface area (Å²) in [6.45, 7) is 3.40. The van der Waals surface area contributed by atoms with Crippen LogP contribution in [-0.4, -0.2) is 99.2 Å². The average Bonchev–Trinajstić information content (AvgIpc) is 3.31. The van der Waals surface area contributed by atoms with Gasteiger partial charge in [0.05, 0.1) is 23.3 Å². The van der Waals surface area contributed by atoms with Crippen molar-refractivity contribution in [3.05, 3.63) is 137 Å². The highest BCUT2D eigenvalue weighted by Crippen LogP contribution is 2.39. The molecule has 1 saturated heterocycles. The molecule has 1 aliphatic rings. The number of rotatable bonds is 21. The Morgan fingerprint density at radius 3 is 2.19 bits per heavy atom. The minimum atomic E-state index is -6.17. The second kappa shape index (κ2) is 23.0. The van der Waals surface area contributed by atoms with Gasteiger partial charge in [0.15, 0.2) is 0 Å². The van der Waals surface area contributed by atoms with Crippen molar-refractivity contribution < 1.29 is 58.8 Å². The van der Waals surface area contributed by atoms with Gasteiger partial charge >= 0.3 is 13.3 Å². The van der Waals surface area contributed by atoms with Gasteiger partial charge in [-0.3, -0.25) is 9.32 Å². The van der Waals surface area contributed by atoms with Gasteiger partial charge in [0.2, 0.25) is 0 Å². The van der Waals surface area contributed by atoms with E-state index in [0.717, 1.165) is 39.4 Å². The normalized spacial score (nSPS) is 15.0. The van der Waals surface area contributed by atoms with Gasteiger partial charge in [-0.15, -0.1) is 11.8 Å². The molecule has 0 bridgehead atoms. The fourth-order valence-electron chi connectivity index (χ4n) is 7.76. The SMILES string of the molecule is CCN(CCOP(=O)(O)O)CC[C@H](CSc1ccccc1)Nc1ccc(S(=O)(=O)NC(=O)c2ccc(N3CCC([C@H](O)c4ccccc4-c4ccc(Cl)cc4)CC3)cc2)cc1S(=O)(=O)C(F)(F)F. The van der Waals surface area contributed by atoms with Crippen LogP contribution in [0.1, 0.15) is 48.2 Å². The maximum absolute atomic E-state index is 14.2. The summed E-state index contributed by atoms with van der Waals surface area (Å²) in [6, 6.07) is 31.6. The number of likely N-dealkylation sites (N-methyl/N-ethyl adjacent to an activating group) is 1. The highest BCUT2D eigenvalue weighted by atomic mass is 35.5. The van der Waals surface area contributed by atoms with Gasteiger partial charge in [0.1, 0.15) is 4.90 Å². The number of nitrogens with zero attached hydrogens (tertiary/aromatic N) is 2. The number of thioether (sulfide) groups is 1. The van der Waals surface area contributed by atoms with E-state index < -0.39 is 66.7 Å². The molecule has 0 unspecified atom stereocenters. The number of phosphoric ester groups is 1. The fourth-order valence-corrected chi connectivity index (χ4v) is 11.2. The quantitative estimate of drug-likeness (QED) is 0.0345. The van der Waals surface area contributed by atoms with Crippen molar-refractivity contribution in [1.29, 1.82) is 0 Å². The third-order valence-corrected chi connectivity index (χ3v) is 16.3. The predicted molar refractivity (Wildman–Crippen MR) is 257 cm³/mol. The Kier molecular flexibility index (Phi) is 17.9. The Morgan fingerprint density at radius 1 is 0.912 bits per heavy atom. The number of phosphoric acid groups is 1. The van der Waals surface area contributed by atoms with Crippen LogP contribution in [0.5, 0.6) is 0 Å². The van der Waals surface area contributed by atoms with E-state index in [1.165, 1.54) is 23.9 Å². The number of benzene rings is 5. The van der Waals surface area contributed by atoms with Gasteiger partial charge in [-0.25, -0.2) is 26.1 Å². The molecule has 5 N–H and O–H groups in total. The van der Waals surface area contributed by atoms with E-state index in [4.69, 9.17) is 21.4 Å². The van der Waals surface area contributed by atoms with Crippen molar-refractivity contribution in [2.45, 2.75) is 58.5 Å². The van der Waals surface area contributed by atoms with E-state index in [0.29, 0.717) is 43.6 Å². The van der Waals surface area contributed by atoms with Crippen molar-refractivity contribution in [1.82, 2.24) is 9.62 Å². The van der Waals surface area contributed by atoms with Gasteiger partial charge in [-0.2, -0.15) is 13.2 Å². The molecule has 5 aromatic rings. The maximum Gasteiger partial charge on any atom is 0.501 e. The van der Waals surface area contributed by atoms with E-state index >= 15 is 0 Å². The zero-order valence-corrected chi connectivity index (χ0v) is 40.7. The van der Waals surface area contributed by atoms with Crippen LogP contribution in [0.4, 0.5) is 24.5 Å². The number of carbonyl (C=O) groups is 1. The molecule has 1 aliphatic heterocycles. The van der Waals surface area contributed by atoms with Crippen LogP contribution in [-0.2, 0) is 28.9 Å². The summed E-state index contributed by atoms with van der Waals surface area (Å²) in [5.41, 5.74) is -3.06. The third kappa shape index (κ3) is 14.1. The largest absolute Gasteiger partial charge is 0.501 e. The first-order valence-electron chi connectivity index (χ1n) is 21.4. The molecule has 366 valence electrons.